The standard InChI is InChI=1S/C10H14F2N2O3S/c1-5(13)4-16-14-9(15)8-7(17-10(11)12)3-6(2)18-8/h3,5,10H,4,13H2,1-2H3,(H,14,15). The molecule has 0 aliphatic rings. The number of rotatable bonds is 6. The Bertz CT molecular complexity index is 410. The number of alkyl halides is 2. The van der Waals surface area contributed by atoms with Gasteiger partial charge < -0.3 is 10.5 Å². The molecule has 1 rings (SSSR count). The lowest BCUT2D eigenvalue weighted by Gasteiger charge is -2.08. The zero-order valence-electron chi connectivity index (χ0n) is 9.91. The van der Waals surface area contributed by atoms with Gasteiger partial charge in [-0.2, -0.15) is 8.78 Å². The molecule has 1 amide bonds. The zero-order valence-corrected chi connectivity index (χ0v) is 10.7. The zero-order chi connectivity index (χ0) is 13.7. The molecule has 0 aromatic carbocycles. The third-order valence-corrected chi connectivity index (χ3v) is 2.79. The highest BCUT2D eigenvalue weighted by Gasteiger charge is 2.19. The van der Waals surface area contributed by atoms with Gasteiger partial charge in [0, 0.05) is 10.9 Å². The monoisotopic (exact) mass is 280 g/mol. The Morgan fingerprint density at radius 2 is 2.28 bits per heavy atom. The van der Waals surface area contributed by atoms with Crippen molar-refractivity contribution in [2.24, 2.45) is 5.73 Å². The molecule has 3 N–H and O–H groups in total. The Morgan fingerprint density at radius 3 is 2.83 bits per heavy atom. The van der Waals surface area contributed by atoms with Gasteiger partial charge in [0.05, 0.1) is 6.61 Å². The number of amides is 1. The van der Waals surface area contributed by atoms with E-state index >= 15 is 0 Å². The number of hydroxylamine groups is 1. The van der Waals surface area contributed by atoms with Crippen LogP contribution in [0.5, 0.6) is 5.75 Å². The summed E-state index contributed by atoms with van der Waals surface area (Å²) in [5.74, 6) is -0.793. The van der Waals surface area contributed by atoms with E-state index in [2.05, 4.69) is 10.2 Å². The van der Waals surface area contributed by atoms with Crippen LogP contribution in [0.3, 0.4) is 0 Å². The molecule has 102 valence electrons. The lowest BCUT2D eigenvalue weighted by molar-refractivity contribution is -0.0500. The van der Waals surface area contributed by atoms with Crippen LogP contribution in [0, 0.1) is 6.92 Å². The van der Waals surface area contributed by atoms with Crippen molar-refractivity contribution in [3.8, 4) is 5.75 Å². The average Bonchev–Trinajstić information content (AvgIpc) is 2.57. The van der Waals surface area contributed by atoms with Crippen LogP contribution in [0.4, 0.5) is 8.78 Å². The average molecular weight is 280 g/mol. The highest BCUT2D eigenvalue weighted by atomic mass is 32.1. The first kappa shape index (κ1) is 14.8. The van der Waals surface area contributed by atoms with E-state index in [1.54, 1.807) is 13.8 Å². The van der Waals surface area contributed by atoms with Crippen LogP contribution in [-0.4, -0.2) is 25.2 Å². The van der Waals surface area contributed by atoms with Crippen LogP contribution >= 0.6 is 11.3 Å². The molecule has 0 radical (unpaired) electrons. The predicted octanol–water partition coefficient (Wildman–Crippen LogP) is 1.67. The van der Waals surface area contributed by atoms with E-state index in [1.807, 2.05) is 0 Å². The second kappa shape index (κ2) is 6.62. The van der Waals surface area contributed by atoms with Crippen molar-refractivity contribution >= 4 is 17.2 Å². The summed E-state index contributed by atoms with van der Waals surface area (Å²) in [5.41, 5.74) is 7.54. The molecule has 1 atom stereocenters. The minimum atomic E-state index is -2.98. The van der Waals surface area contributed by atoms with Crippen LogP contribution in [-0.2, 0) is 4.84 Å². The molecule has 5 nitrogen and oxygen atoms in total. The van der Waals surface area contributed by atoms with E-state index < -0.39 is 12.5 Å². The molecule has 1 unspecified atom stereocenters. The first-order valence-electron chi connectivity index (χ1n) is 5.13. The summed E-state index contributed by atoms with van der Waals surface area (Å²) >= 11 is 1.04. The van der Waals surface area contributed by atoms with Crippen molar-refractivity contribution in [3.63, 3.8) is 0 Å². The van der Waals surface area contributed by atoms with Gasteiger partial charge in [0.15, 0.2) is 0 Å². The summed E-state index contributed by atoms with van der Waals surface area (Å²) in [7, 11) is 0. The molecule has 1 aromatic rings. The van der Waals surface area contributed by atoms with Crippen molar-refractivity contribution in [1.29, 1.82) is 0 Å². The normalized spacial score (nSPS) is 12.6. The Morgan fingerprint density at radius 1 is 1.61 bits per heavy atom. The summed E-state index contributed by atoms with van der Waals surface area (Å²) in [4.78, 5) is 17.2. The van der Waals surface area contributed by atoms with Crippen LogP contribution in [0.25, 0.3) is 0 Å². The quantitative estimate of drug-likeness (QED) is 0.777. The van der Waals surface area contributed by atoms with Gasteiger partial charge in [0.25, 0.3) is 5.91 Å². The number of carbonyl (C=O) groups excluding carboxylic acids is 1. The largest absolute Gasteiger partial charge is 0.433 e. The van der Waals surface area contributed by atoms with Gasteiger partial charge in [-0.3, -0.25) is 9.63 Å². The van der Waals surface area contributed by atoms with Crippen LogP contribution < -0.4 is 16.0 Å². The minimum absolute atomic E-state index is 0.0393. The lowest BCUT2D eigenvalue weighted by atomic mass is 10.4. The summed E-state index contributed by atoms with van der Waals surface area (Å²) in [6, 6.07) is 1.13. The maximum absolute atomic E-state index is 12.1. The number of halogens is 2. The Hall–Kier alpha value is -1.25. The van der Waals surface area contributed by atoms with Crippen LogP contribution in [0.2, 0.25) is 0 Å². The van der Waals surface area contributed by atoms with Gasteiger partial charge in [-0.1, -0.05) is 0 Å². The number of nitrogens with one attached hydrogen (secondary N) is 1. The summed E-state index contributed by atoms with van der Waals surface area (Å²) in [6.07, 6.45) is 0. The van der Waals surface area contributed by atoms with Crippen molar-refractivity contribution < 1.29 is 23.1 Å². The number of carbonyl (C=O) groups is 1. The van der Waals surface area contributed by atoms with E-state index in [9.17, 15) is 13.6 Å². The van der Waals surface area contributed by atoms with E-state index in [1.165, 1.54) is 6.07 Å². The first-order chi connectivity index (χ1) is 8.40. The molecule has 0 saturated carbocycles. The number of aryl methyl sites for hydroxylation is 1. The Labute approximate surface area is 107 Å². The molecule has 1 heterocycles. The molecule has 0 aliphatic carbocycles. The van der Waals surface area contributed by atoms with Crippen LogP contribution in [0.15, 0.2) is 6.07 Å². The SMILES string of the molecule is Cc1cc(OC(F)F)c(C(=O)NOCC(C)N)s1. The van der Waals surface area contributed by atoms with Crippen molar-refractivity contribution in [2.45, 2.75) is 26.5 Å². The van der Waals surface area contributed by atoms with Gasteiger partial charge in [-0.05, 0) is 19.9 Å². The van der Waals surface area contributed by atoms with Gasteiger partial charge in [0.2, 0.25) is 0 Å². The molecule has 18 heavy (non-hydrogen) atoms. The summed E-state index contributed by atoms with van der Waals surface area (Å²) in [5, 5.41) is 0. The Balaban J connectivity index is 2.66. The van der Waals surface area contributed by atoms with Gasteiger partial charge in [-0.15, -0.1) is 11.3 Å². The molecular weight excluding hydrogens is 266 g/mol. The fourth-order valence-electron chi connectivity index (χ4n) is 1.12. The minimum Gasteiger partial charge on any atom is -0.433 e. The second-order valence-electron chi connectivity index (χ2n) is 3.65. The Kier molecular flexibility index (Phi) is 5.45. The smallest absolute Gasteiger partial charge is 0.387 e. The van der Waals surface area contributed by atoms with E-state index in [4.69, 9.17) is 10.6 Å². The molecule has 0 fully saturated rings. The molecule has 0 saturated heterocycles. The fraction of sp³-hybridized carbons (Fsp3) is 0.500. The summed E-state index contributed by atoms with van der Waals surface area (Å²) in [6.45, 7) is 0.534. The third kappa shape index (κ3) is 4.55. The van der Waals surface area contributed by atoms with Crippen LogP contribution in [0.1, 0.15) is 21.5 Å². The van der Waals surface area contributed by atoms with Gasteiger partial charge in [-0.25, -0.2) is 5.48 Å². The molecular formula is C10H14F2N2O3S. The second-order valence-corrected chi connectivity index (χ2v) is 4.90. The van der Waals surface area contributed by atoms with Crippen molar-refractivity contribution in [3.05, 3.63) is 15.8 Å². The fourth-order valence-corrected chi connectivity index (χ4v) is 1.95. The first-order valence-corrected chi connectivity index (χ1v) is 5.94. The highest BCUT2D eigenvalue weighted by Crippen LogP contribution is 2.30. The molecule has 0 aliphatic heterocycles. The topological polar surface area (TPSA) is 73.6 Å². The number of hydrogen-bond donors (Lipinski definition) is 2. The highest BCUT2D eigenvalue weighted by molar-refractivity contribution is 7.14. The molecule has 0 bridgehead atoms. The van der Waals surface area contributed by atoms with Gasteiger partial charge in [0.1, 0.15) is 10.6 Å². The van der Waals surface area contributed by atoms with E-state index in [-0.39, 0.29) is 23.3 Å². The molecule has 1 aromatic heterocycles. The van der Waals surface area contributed by atoms with Crippen molar-refractivity contribution in [1.82, 2.24) is 5.48 Å². The maximum Gasteiger partial charge on any atom is 0.387 e. The van der Waals surface area contributed by atoms with E-state index in [0.717, 1.165) is 11.3 Å². The number of nitrogens with two attached hydrogens (primary N) is 1. The summed E-state index contributed by atoms with van der Waals surface area (Å²) < 4.78 is 28.5. The predicted molar refractivity (Wildman–Crippen MR) is 62.8 cm³/mol. The third-order valence-electron chi connectivity index (χ3n) is 1.75. The number of hydrogen-bond acceptors (Lipinski definition) is 5. The molecule has 8 heteroatoms. The maximum atomic E-state index is 12.1. The number of thiophene rings is 1. The molecule has 0 spiro atoms. The van der Waals surface area contributed by atoms with Gasteiger partial charge >= 0.3 is 6.61 Å². The van der Waals surface area contributed by atoms with Crippen molar-refractivity contribution in [2.75, 3.05) is 6.61 Å². The van der Waals surface area contributed by atoms with E-state index in [0.29, 0.717) is 4.88 Å². The lowest BCUT2D eigenvalue weighted by Crippen LogP contribution is -2.30. The number of ether oxygens (including phenoxy) is 1.